The summed E-state index contributed by atoms with van der Waals surface area (Å²) in [5, 5.41) is 0. The Balaban J connectivity index is 1.57. The molecule has 164 valence electrons. The predicted octanol–water partition coefficient (Wildman–Crippen LogP) is 3.60. The van der Waals surface area contributed by atoms with Crippen LogP contribution in [0.3, 0.4) is 0 Å². The molecule has 0 bridgehead atoms. The van der Waals surface area contributed by atoms with Crippen molar-refractivity contribution >= 4 is 45.0 Å². The highest BCUT2D eigenvalue weighted by molar-refractivity contribution is 9.10. The molecular weight excluding hydrogens is 470 g/mol. The number of fused-ring (bicyclic) bond motifs is 7. The fourth-order valence-corrected chi connectivity index (χ4v) is 7.36. The van der Waals surface area contributed by atoms with E-state index in [1.807, 2.05) is 56.3 Å². The zero-order chi connectivity index (χ0) is 22.4. The van der Waals surface area contributed by atoms with Crippen LogP contribution in [0, 0.1) is 18.8 Å². The number of nitrogens with zero attached hydrogens (tertiary/aromatic N) is 3. The Labute approximate surface area is 195 Å². The number of anilines is 2. The van der Waals surface area contributed by atoms with Crippen molar-refractivity contribution in [1.82, 2.24) is 4.90 Å². The minimum atomic E-state index is -1.10. The molecule has 4 heterocycles. The van der Waals surface area contributed by atoms with Gasteiger partial charge in [0.1, 0.15) is 5.54 Å². The van der Waals surface area contributed by atoms with Crippen LogP contribution in [0.1, 0.15) is 30.9 Å². The molecule has 3 amide bonds. The van der Waals surface area contributed by atoms with Crippen molar-refractivity contribution in [3.63, 3.8) is 0 Å². The minimum Gasteiger partial charge on any atom is -0.310 e. The molecule has 2 aromatic carbocycles. The van der Waals surface area contributed by atoms with Gasteiger partial charge in [0.2, 0.25) is 11.8 Å². The van der Waals surface area contributed by atoms with E-state index in [1.165, 1.54) is 4.90 Å². The summed E-state index contributed by atoms with van der Waals surface area (Å²) in [6.07, 6.45) is 1.75. The Morgan fingerprint density at radius 2 is 1.84 bits per heavy atom. The summed E-state index contributed by atoms with van der Waals surface area (Å²) >= 11 is 3.55. The number of carbonyl (C=O) groups excluding carboxylic acids is 3. The quantitative estimate of drug-likeness (QED) is 0.599. The van der Waals surface area contributed by atoms with Gasteiger partial charge in [0, 0.05) is 28.3 Å². The number of halogens is 1. The number of imide groups is 1. The number of carbonyl (C=O) groups is 3. The molecule has 0 aliphatic carbocycles. The van der Waals surface area contributed by atoms with Crippen molar-refractivity contribution in [2.24, 2.45) is 11.8 Å². The minimum absolute atomic E-state index is 0.0634. The Kier molecular flexibility index (Phi) is 4.24. The van der Waals surface area contributed by atoms with E-state index in [0.717, 1.165) is 36.2 Å². The maximum Gasteiger partial charge on any atom is 0.253 e. The van der Waals surface area contributed by atoms with E-state index >= 15 is 0 Å². The van der Waals surface area contributed by atoms with Crippen molar-refractivity contribution in [3.8, 4) is 0 Å². The van der Waals surface area contributed by atoms with Crippen molar-refractivity contribution in [3.05, 3.63) is 58.1 Å². The maximum atomic E-state index is 14.1. The maximum absolute atomic E-state index is 14.1. The van der Waals surface area contributed by atoms with E-state index < -0.39 is 17.4 Å². The largest absolute Gasteiger partial charge is 0.310 e. The molecule has 32 heavy (non-hydrogen) atoms. The summed E-state index contributed by atoms with van der Waals surface area (Å²) < 4.78 is 0.713. The normalized spacial score (nSPS) is 31.1. The Morgan fingerprint density at radius 1 is 1.06 bits per heavy atom. The van der Waals surface area contributed by atoms with Gasteiger partial charge in [0.25, 0.3) is 5.91 Å². The SMILES string of the molecule is CCN1C(=O)C2(c3ccccc31)C1C(=O)N(c3ccc(C)cc3Br)C(=O)C1C1CCCN12. The summed E-state index contributed by atoms with van der Waals surface area (Å²) in [6.45, 7) is 5.18. The average molecular weight is 494 g/mol. The third-order valence-corrected chi connectivity index (χ3v) is 8.44. The van der Waals surface area contributed by atoms with Crippen LogP contribution in [0.25, 0.3) is 0 Å². The van der Waals surface area contributed by atoms with Gasteiger partial charge in [0.05, 0.1) is 17.5 Å². The molecule has 4 aliphatic heterocycles. The van der Waals surface area contributed by atoms with Gasteiger partial charge in [-0.2, -0.15) is 0 Å². The molecule has 4 unspecified atom stereocenters. The molecule has 2 aromatic rings. The number of amides is 3. The zero-order valence-electron chi connectivity index (χ0n) is 18.0. The fourth-order valence-electron chi connectivity index (χ4n) is 6.69. The van der Waals surface area contributed by atoms with Gasteiger partial charge >= 0.3 is 0 Å². The van der Waals surface area contributed by atoms with Crippen LogP contribution in [0.5, 0.6) is 0 Å². The number of likely N-dealkylation sites (N-methyl/N-ethyl adjacent to an activating group) is 1. The number of para-hydroxylation sites is 1. The molecule has 0 N–H and O–H groups in total. The standard InChI is InChI=1S/C25H24BrN3O3/c1-3-27-17-8-5-4-7-15(17)25(24(27)32)21-20(19-9-6-12-28(19)25)22(30)29(23(21)31)18-11-10-14(2)13-16(18)26/h4-5,7-8,10-11,13,19-21H,3,6,9,12H2,1-2H3. The van der Waals surface area contributed by atoms with Gasteiger partial charge in [-0.1, -0.05) is 24.3 Å². The Hall–Kier alpha value is -2.51. The van der Waals surface area contributed by atoms with Crippen molar-refractivity contribution in [2.45, 2.75) is 38.3 Å². The highest BCUT2D eigenvalue weighted by Gasteiger charge is 2.75. The topological polar surface area (TPSA) is 60.9 Å². The second-order valence-electron chi connectivity index (χ2n) is 9.21. The molecule has 6 rings (SSSR count). The summed E-state index contributed by atoms with van der Waals surface area (Å²) in [5.41, 5.74) is 2.23. The summed E-state index contributed by atoms with van der Waals surface area (Å²) in [7, 11) is 0. The van der Waals surface area contributed by atoms with Crippen molar-refractivity contribution < 1.29 is 14.4 Å². The van der Waals surface area contributed by atoms with Crippen molar-refractivity contribution in [1.29, 1.82) is 0 Å². The first kappa shape index (κ1) is 20.1. The van der Waals surface area contributed by atoms with Gasteiger partial charge in [-0.25, -0.2) is 4.90 Å². The second-order valence-corrected chi connectivity index (χ2v) is 10.1. The molecule has 3 fully saturated rings. The van der Waals surface area contributed by atoms with E-state index in [9.17, 15) is 14.4 Å². The van der Waals surface area contributed by atoms with Crippen LogP contribution in [0.15, 0.2) is 46.9 Å². The number of hydrogen-bond donors (Lipinski definition) is 0. The number of benzene rings is 2. The van der Waals surface area contributed by atoms with E-state index in [-0.39, 0.29) is 23.8 Å². The average Bonchev–Trinajstić information content (AvgIpc) is 3.47. The lowest BCUT2D eigenvalue weighted by Crippen LogP contribution is -2.56. The highest BCUT2D eigenvalue weighted by atomic mass is 79.9. The molecule has 0 radical (unpaired) electrons. The Morgan fingerprint density at radius 3 is 2.59 bits per heavy atom. The molecule has 1 spiro atoms. The summed E-state index contributed by atoms with van der Waals surface area (Å²) in [6, 6.07) is 13.3. The lowest BCUT2D eigenvalue weighted by molar-refractivity contribution is -0.137. The number of aryl methyl sites for hydroxylation is 1. The Bertz CT molecular complexity index is 1200. The predicted molar refractivity (Wildman–Crippen MR) is 124 cm³/mol. The van der Waals surface area contributed by atoms with Gasteiger partial charge in [-0.3, -0.25) is 19.3 Å². The van der Waals surface area contributed by atoms with Crippen LogP contribution in [-0.2, 0) is 19.9 Å². The van der Waals surface area contributed by atoms with Crippen LogP contribution in [-0.4, -0.2) is 41.8 Å². The second kappa shape index (κ2) is 6.75. The third kappa shape index (κ3) is 2.21. The molecule has 7 heteroatoms. The van der Waals surface area contributed by atoms with Crippen molar-refractivity contribution in [2.75, 3.05) is 22.9 Å². The zero-order valence-corrected chi connectivity index (χ0v) is 19.6. The highest BCUT2D eigenvalue weighted by Crippen LogP contribution is 2.62. The van der Waals surface area contributed by atoms with E-state index in [4.69, 9.17) is 0 Å². The number of rotatable bonds is 2. The van der Waals surface area contributed by atoms with Gasteiger partial charge in [-0.05, 0) is 72.9 Å². The number of hydrogen-bond acceptors (Lipinski definition) is 4. The smallest absolute Gasteiger partial charge is 0.253 e. The first-order valence-corrected chi connectivity index (χ1v) is 12.0. The molecule has 0 aromatic heterocycles. The van der Waals surface area contributed by atoms with E-state index in [0.29, 0.717) is 16.7 Å². The van der Waals surface area contributed by atoms with Crippen LogP contribution in [0.2, 0.25) is 0 Å². The van der Waals surface area contributed by atoms with Gasteiger partial charge in [-0.15, -0.1) is 0 Å². The first-order chi connectivity index (χ1) is 15.4. The first-order valence-electron chi connectivity index (χ1n) is 11.2. The fraction of sp³-hybridized carbons (Fsp3) is 0.400. The molecule has 6 nitrogen and oxygen atoms in total. The lowest BCUT2D eigenvalue weighted by Gasteiger charge is -2.37. The van der Waals surface area contributed by atoms with E-state index in [2.05, 4.69) is 20.8 Å². The third-order valence-electron chi connectivity index (χ3n) is 7.80. The molecule has 4 atom stereocenters. The lowest BCUT2D eigenvalue weighted by atomic mass is 9.75. The monoisotopic (exact) mass is 493 g/mol. The summed E-state index contributed by atoms with van der Waals surface area (Å²) in [5.74, 6) is -1.73. The molecule has 4 aliphatic rings. The van der Waals surface area contributed by atoms with E-state index in [1.54, 1.807) is 4.90 Å². The molecule has 0 saturated carbocycles. The molecule has 3 saturated heterocycles. The molecular formula is C25H24BrN3O3. The van der Waals surface area contributed by atoms with Crippen LogP contribution >= 0.6 is 15.9 Å². The van der Waals surface area contributed by atoms with Crippen LogP contribution < -0.4 is 9.80 Å². The van der Waals surface area contributed by atoms with Crippen LogP contribution in [0.4, 0.5) is 11.4 Å². The summed E-state index contributed by atoms with van der Waals surface area (Å²) in [4.78, 5) is 47.3. The van der Waals surface area contributed by atoms with Gasteiger partial charge in [0.15, 0.2) is 0 Å². The van der Waals surface area contributed by atoms with Gasteiger partial charge < -0.3 is 4.90 Å².